The first-order valence-electron chi connectivity index (χ1n) is 4.33. The van der Waals surface area contributed by atoms with Crippen LogP contribution in [0.15, 0.2) is 30.5 Å². The smallest absolute Gasteiger partial charge is 0.126 e. The molecule has 2 rings (SSSR count). The first kappa shape index (κ1) is 10.3. The zero-order chi connectivity index (χ0) is 10.7. The maximum Gasteiger partial charge on any atom is 0.126 e. The van der Waals surface area contributed by atoms with Crippen molar-refractivity contribution in [2.45, 2.75) is 6.61 Å². The molecule has 0 unspecified atom stereocenters. The molecule has 0 fully saturated rings. The van der Waals surface area contributed by atoms with Crippen LogP contribution < -0.4 is 10.5 Å². The second-order valence-corrected chi connectivity index (χ2v) is 4.27. The first-order chi connectivity index (χ1) is 7.25. The van der Waals surface area contributed by atoms with Gasteiger partial charge in [0.2, 0.25) is 0 Å². The van der Waals surface area contributed by atoms with Gasteiger partial charge in [-0.25, -0.2) is 0 Å². The lowest BCUT2D eigenvalue weighted by molar-refractivity contribution is 0.310. The van der Waals surface area contributed by atoms with Crippen LogP contribution in [0.1, 0.15) is 4.88 Å². The molecule has 5 heteroatoms. The molecule has 0 spiro atoms. The third-order valence-electron chi connectivity index (χ3n) is 1.84. The van der Waals surface area contributed by atoms with Gasteiger partial charge < -0.3 is 10.5 Å². The van der Waals surface area contributed by atoms with Gasteiger partial charge in [0.05, 0.1) is 16.8 Å². The van der Waals surface area contributed by atoms with E-state index in [0.717, 1.165) is 10.6 Å². The van der Waals surface area contributed by atoms with Gasteiger partial charge >= 0.3 is 0 Å². The number of benzene rings is 1. The van der Waals surface area contributed by atoms with Crippen LogP contribution in [0.2, 0.25) is 5.02 Å². The van der Waals surface area contributed by atoms with Gasteiger partial charge in [-0.05, 0) is 29.7 Å². The minimum absolute atomic E-state index is 0.427. The molecule has 15 heavy (non-hydrogen) atoms. The lowest BCUT2D eigenvalue weighted by Gasteiger charge is -2.04. The number of rotatable bonds is 3. The van der Waals surface area contributed by atoms with Crippen molar-refractivity contribution in [3.8, 4) is 5.75 Å². The van der Waals surface area contributed by atoms with Crippen molar-refractivity contribution in [2.24, 2.45) is 0 Å². The molecule has 3 nitrogen and oxygen atoms in total. The van der Waals surface area contributed by atoms with Crippen LogP contribution in [0, 0.1) is 0 Å². The Balaban J connectivity index is 2.02. The van der Waals surface area contributed by atoms with E-state index in [1.165, 1.54) is 11.5 Å². The third kappa shape index (κ3) is 2.61. The van der Waals surface area contributed by atoms with Gasteiger partial charge in [-0.2, -0.15) is 4.37 Å². The predicted octanol–water partition coefficient (Wildman–Crippen LogP) is 2.96. The topological polar surface area (TPSA) is 48.1 Å². The molecule has 1 heterocycles. The van der Waals surface area contributed by atoms with Gasteiger partial charge in [-0.3, -0.25) is 0 Å². The summed E-state index contributed by atoms with van der Waals surface area (Å²) in [5.74, 6) is 0.732. The van der Waals surface area contributed by atoms with Crippen LogP contribution in [0.5, 0.6) is 5.75 Å². The summed E-state index contributed by atoms with van der Waals surface area (Å²) < 4.78 is 9.48. The zero-order valence-corrected chi connectivity index (χ0v) is 9.39. The molecular weight excluding hydrogens is 232 g/mol. The Kier molecular flexibility index (Phi) is 3.08. The molecule has 78 valence electrons. The molecule has 0 aliphatic carbocycles. The summed E-state index contributed by atoms with van der Waals surface area (Å²) in [5.41, 5.74) is 6.35. The molecule has 2 N–H and O–H groups in total. The highest BCUT2D eigenvalue weighted by molar-refractivity contribution is 7.06. The normalized spacial score (nSPS) is 10.2. The standard InChI is InChI=1S/C10H9ClN2OS/c11-7-2-1-3-8(4-7)14-6-10-9(12)5-13-15-10/h1-5H,6,12H2. The Morgan fingerprint density at radius 3 is 3.00 bits per heavy atom. The van der Waals surface area contributed by atoms with Crippen molar-refractivity contribution >= 4 is 28.8 Å². The molecule has 0 saturated carbocycles. The molecular formula is C10H9ClN2OS. The van der Waals surface area contributed by atoms with Crippen LogP contribution in [0.3, 0.4) is 0 Å². The number of hydrogen-bond donors (Lipinski definition) is 1. The van der Waals surface area contributed by atoms with E-state index < -0.39 is 0 Å². The maximum absolute atomic E-state index is 5.82. The summed E-state index contributed by atoms with van der Waals surface area (Å²) in [6, 6.07) is 7.26. The van der Waals surface area contributed by atoms with Crippen LogP contribution in [0.25, 0.3) is 0 Å². The highest BCUT2D eigenvalue weighted by atomic mass is 35.5. The van der Waals surface area contributed by atoms with Crippen molar-refractivity contribution in [1.29, 1.82) is 0 Å². The third-order valence-corrected chi connectivity index (χ3v) is 2.86. The number of nitrogens with two attached hydrogens (primary N) is 1. The summed E-state index contributed by atoms with van der Waals surface area (Å²) in [7, 11) is 0. The Morgan fingerprint density at radius 2 is 2.33 bits per heavy atom. The molecule has 0 radical (unpaired) electrons. The van der Waals surface area contributed by atoms with E-state index in [0.29, 0.717) is 17.3 Å². The molecule has 0 aliphatic rings. The van der Waals surface area contributed by atoms with Crippen LogP contribution >= 0.6 is 23.1 Å². The fraction of sp³-hybridized carbons (Fsp3) is 0.100. The number of anilines is 1. The Bertz CT molecular complexity index is 458. The molecule has 0 saturated heterocycles. The summed E-state index contributed by atoms with van der Waals surface area (Å²) in [6.07, 6.45) is 1.63. The Morgan fingerprint density at radius 1 is 1.47 bits per heavy atom. The Hall–Kier alpha value is -1.26. The summed E-state index contributed by atoms with van der Waals surface area (Å²) in [4.78, 5) is 0.926. The Labute approximate surface area is 96.6 Å². The maximum atomic E-state index is 5.82. The number of nitrogens with zero attached hydrogens (tertiary/aromatic N) is 1. The molecule has 0 amide bonds. The molecule has 1 aromatic carbocycles. The molecule has 1 aromatic heterocycles. The predicted molar refractivity (Wildman–Crippen MR) is 62.3 cm³/mol. The zero-order valence-electron chi connectivity index (χ0n) is 7.81. The fourth-order valence-corrected chi connectivity index (χ4v) is 1.83. The highest BCUT2D eigenvalue weighted by Gasteiger charge is 2.03. The largest absolute Gasteiger partial charge is 0.488 e. The minimum Gasteiger partial charge on any atom is -0.488 e. The van der Waals surface area contributed by atoms with Crippen LogP contribution in [-0.4, -0.2) is 4.37 Å². The summed E-state index contributed by atoms with van der Waals surface area (Å²) >= 11 is 7.16. The number of hydrogen-bond acceptors (Lipinski definition) is 4. The molecule has 0 bridgehead atoms. The monoisotopic (exact) mass is 240 g/mol. The van der Waals surface area contributed by atoms with Crippen LogP contribution in [-0.2, 0) is 6.61 Å². The number of aromatic nitrogens is 1. The van der Waals surface area contributed by atoms with Gasteiger partial charge in [0, 0.05) is 5.02 Å². The van der Waals surface area contributed by atoms with Crippen molar-refractivity contribution in [3.05, 3.63) is 40.4 Å². The van der Waals surface area contributed by atoms with E-state index in [-0.39, 0.29) is 0 Å². The summed E-state index contributed by atoms with van der Waals surface area (Å²) in [5, 5.41) is 0.657. The van der Waals surface area contributed by atoms with Crippen molar-refractivity contribution in [1.82, 2.24) is 4.37 Å². The molecule has 0 atom stereocenters. The fourth-order valence-electron chi connectivity index (χ4n) is 1.09. The highest BCUT2D eigenvalue weighted by Crippen LogP contribution is 2.21. The number of ether oxygens (including phenoxy) is 1. The van der Waals surface area contributed by atoms with Gasteiger partial charge in [0.15, 0.2) is 0 Å². The average molecular weight is 241 g/mol. The quantitative estimate of drug-likeness (QED) is 0.897. The van der Waals surface area contributed by atoms with Crippen molar-refractivity contribution < 1.29 is 4.74 Å². The minimum atomic E-state index is 0.427. The van der Waals surface area contributed by atoms with Crippen molar-refractivity contribution in [2.75, 3.05) is 5.73 Å². The lowest BCUT2D eigenvalue weighted by atomic mass is 10.3. The average Bonchev–Trinajstić information content (AvgIpc) is 2.61. The van der Waals surface area contributed by atoms with E-state index in [1.54, 1.807) is 18.3 Å². The van der Waals surface area contributed by atoms with E-state index in [2.05, 4.69) is 4.37 Å². The second-order valence-electron chi connectivity index (χ2n) is 2.95. The molecule has 2 aromatic rings. The lowest BCUT2D eigenvalue weighted by Crippen LogP contribution is -1.96. The summed E-state index contributed by atoms with van der Waals surface area (Å²) in [6.45, 7) is 0.427. The molecule has 0 aliphatic heterocycles. The van der Waals surface area contributed by atoms with E-state index >= 15 is 0 Å². The van der Waals surface area contributed by atoms with E-state index in [1.807, 2.05) is 12.1 Å². The van der Waals surface area contributed by atoms with E-state index in [4.69, 9.17) is 22.1 Å². The second kappa shape index (κ2) is 4.51. The SMILES string of the molecule is Nc1cnsc1COc1cccc(Cl)c1. The van der Waals surface area contributed by atoms with E-state index in [9.17, 15) is 0 Å². The van der Waals surface area contributed by atoms with Gasteiger partial charge in [0.25, 0.3) is 0 Å². The van der Waals surface area contributed by atoms with Gasteiger partial charge in [-0.15, -0.1) is 0 Å². The first-order valence-corrected chi connectivity index (χ1v) is 5.48. The number of halogens is 1. The van der Waals surface area contributed by atoms with Gasteiger partial charge in [0.1, 0.15) is 12.4 Å². The van der Waals surface area contributed by atoms with Crippen molar-refractivity contribution in [3.63, 3.8) is 0 Å². The van der Waals surface area contributed by atoms with Crippen LogP contribution in [0.4, 0.5) is 5.69 Å². The van der Waals surface area contributed by atoms with Gasteiger partial charge in [-0.1, -0.05) is 17.7 Å². The number of nitrogen functional groups attached to an aromatic ring is 1.